The number of esters is 1. The van der Waals surface area contributed by atoms with E-state index in [9.17, 15) is 9.59 Å². The molecule has 1 aliphatic carbocycles. The fourth-order valence-corrected chi connectivity index (χ4v) is 5.25. The third-order valence-electron chi connectivity index (χ3n) is 7.07. The van der Waals surface area contributed by atoms with Crippen molar-refractivity contribution in [2.45, 2.75) is 38.3 Å². The molecule has 198 valence electrons. The first-order valence-corrected chi connectivity index (χ1v) is 13.4. The summed E-state index contributed by atoms with van der Waals surface area (Å²) in [7, 11) is 0. The van der Waals surface area contributed by atoms with Crippen molar-refractivity contribution in [1.82, 2.24) is 5.32 Å². The fraction of sp³-hybridized carbons (Fsp3) is 0.235. The van der Waals surface area contributed by atoms with Crippen LogP contribution in [0.1, 0.15) is 54.5 Å². The van der Waals surface area contributed by atoms with Crippen LogP contribution in [0.15, 0.2) is 109 Å². The van der Waals surface area contributed by atoms with Gasteiger partial charge in [-0.3, -0.25) is 0 Å². The van der Waals surface area contributed by atoms with Crippen LogP contribution in [0.4, 0.5) is 4.79 Å². The van der Waals surface area contributed by atoms with Crippen LogP contribution in [0.5, 0.6) is 0 Å². The van der Waals surface area contributed by atoms with Gasteiger partial charge in [0.2, 0.25) is 0 Å². The molecular formula is C34H33NO4. The summed E-state index contributed by atoms with van der Waals surface area (Å²) in [5, 5.41) is 2.79. The summed E-state index contributed by atoms with van der Waals surface area (Å²) in [5.41, 5.74) is 6.33. The Morgan fingerprint density at radius 2 is 1.21 bits per heavy atom. The minimum Gasteiger partial charge on any atom is -0.451 e. The number of rotatable bonds is 9. The summed E-state index contributed by atoms with van der Waals surface area (Å²) in [5.74, 6) is -0.391. The molecule has 0 saturated carbocycles. The largest absolute Gasteiger partial charge is 0.451 e. The Morgan fingerprint density at radius 1 is 0.718 bits per heavy atom. The smallest absolute Gasteiger partial charge is 0.407 e. The number of amides is 1. The molecule has 1 atom stereocenters. The lowest BCUT2D eigenvalue weighted by Gasteiger charge is -2.24. The number of benzene rings is 4. The standard InChI is InChI=1S/C34H33NO4/c1-23(2)21-31(33(36)39-32(24-13-5-3-6-14-24)25-15-7-4-8-16-25)35-34(37)38-22-30-28-19-11-9-17-26(28)27-18-10-12-20-29(27)30/h3-20,23,30-32H,21-22H2,1-2H3,(H,35,37)/t31-/m0/s1. The average Bonchev–Trinajstić information content (AvgIpc) is 3.28. The second kappa shape index (κ2) is 12.0. The number of nitrogens with one attached hydrogen (secondary N) is 1. The number of carbonyl (C=O) groups excluding carboxylic acids is 2. The van der Waals surface area contributed by atoms with Crippen LogP contribution in [0.25, 0.3) is 11.1 Å². The van der Waals surface area contributed by atoms with Crippen LogP contribution in [0, 0.1) is 5.92 Å². The highest BCUT2D eigenvalue weighted by Crippen LogP contribution is 2.44. The molecule has 0 heterocycles. The Bertz CT molecular complexity index is 1330. The van der Waals surface area contributed by atoms with E-state index in [2.05, 4.69) is 29.6 Å². The van der Waals surface area contributed by atoms with Crippen molar-refractivity contribution in [3.05, 3.63) is 131 Å². The molecule has 5 rings (SSSR count). The zero-order valence-electron chi connectivity index (χ0n) is 22.2. The molecule has 4 aromatic rings. The molecule has 0 saturated heterocycles. The van der Waals surface area contributed by atoms with E-state index < -0.39 is 24.2 Å². The van der Waals surface area contributed by atoms with Crippen molar-refractivity contribution in [2.75, 3.05) is 6.61 Å². The molecule has 0 bridgehead atoms. The van der Waals surface area contributed by atoms with Crippen molar-refractivity contribution in [1.29, 1.82) is 0 Å². The van der Waals surface area contributed by atoms with Gasteiger partial charge in [-0.1, -0.05) is 123 Å². The van der Waals surface area contributed by atoms with E-state index in [0.717, 1.165) is 33.4 Å². The molecule has 4 aromatic carbocycles. The summed E-state index contributed by atoms with van der Waals surface area (Å²) < 4.78 is 11.8. The normalized spacial score (nSPS) is 13.0. The van der Waals surface area contributed by atoms with Crippen LogP contribution in [0.2, 0.25) is 0 Å². The number of fused-ring (bicyclic) bond motifs is 3. The minimum atomic E-state index is -0.837. The van der Waals surface area contributed by atoms with Gasteiger partial charge in [0.15, 0.2) is 6.10 Å². The summed E-state index contributed by atoms with van der Waals surface area (Å²) in [6.07, 6.45) is -0.784. The first-order chi connectivity index (χ1) is 19.0. The average molecular weight is 520 g/mol. The van der Waals surface area contributed by atoms with Crippen LogP contribution in [-0.2, 0) is 14.3 Å². The highest BCUT2D eigenvalue weighted by Gasteiger charge is 2.31. The van der Waals surface area contributed by atoms with Crippen LogP contribution in [-0.4, -0.2) is 24.7 Å². The van der Waals surface area contributed by atoms with Gasteiger partial charge in [0.25, 0.3) is 0 Å². The van der Waals surface area contributed by atoms with Gasteiger partial charge < -0.3 is 14.8 Å². The maximum absolute atomic E-state index is 13.5. The molecule has 0 spiro atoms. The van der Waals surface area contributed by atoms with Gasteiger partial charge in [-0.25, -0.2) is 9.59 Å². The van der Waals surface area contributed by atoms with Crippen molar-refractivity contribution >= 4 is 12.1 Å². The molecule has 0 fully saturated rings. The molecule has 1 amide bonds. The Kier molecular flexibility index (Phi) is 8.07. The quantitative estimate of drug-likeness (QED) is 0.236. The van der Waals surface area contributed by atoms with Crippen LogP contribution in [0.3, 0.4) is 0 Å². The van der Waals surface area contributed by atoms with Gasteiger partial charge in [-0.15, -0.1) is 0 Å². The molecule has 0 aromatic heterocycles. The maximum Gasteiger partial charge on any atom is 0.407 e. The number of ether oxygens (including phenoxy) is 2. The van der Waals surface area contributed by atoms with Gasteiger partial charge in [-0.2, -0.15) is 0 Å². The predicted molar refractivity (Wildman–Crippen MR) is 152 cm³/mol. The lowest BCUT2D eigenvalue weighted by Crippen LogP contribution is -2.43. The zero-order valence-corrected chi connectivity index (χ0v) is 22.2. The summed E-state index contributed by atoms with van der Waals surface area (Å²) in [6.45, 7) is 4.19. The van der Waals surface area contributed by atoms with E-state index >= 15 is 0 Å². The number of hydrogen-bond acceptors (Lipinski definition) is 4. The Hall–Kier alpha value is -4.38. The van der Waals surface area contributed by atoms with Gasteiger partial charge in [0, 0.05) is 5.92 Å². The van der Waals surface area contributed by atoms with E-state index in [1.807, 2.05) is 98.8 Å². The van der Waals surface area contributed by atoms with Gasteiger partial charge in [-0.05, 0) is 45.7 Å². The second-order valence-corrected chi connectivity index (χ2v) is 10.3. The molecule has 5 nitrogen and oxygen atoms in total. The first-order valence-electron chi connectivity index (χ1n) is 13.4. The Morgan fingerprint density at radius 3 is 1.72 bits per heavy atom. The zero-order chi connectivity index (χ0) is 27.2. The second-order valence-electron chi connectivity index (χ2n) is 10.3. The van der Waals surface area contributed by atoms with E-state index in [1.54, 1.807) is 0 Å². The Balaban J connectivity index is 1.29. The van der Waals surface area contributed by atoms with Crippen molar-refractivity contribution in [3.63, 3.8) is 0 Å². The van der Waals surface area contributed by atoms with E-state index in [4.69, 9.17) is 9.47 Å². The molecular weight excluding hydrogens is 486 g/mol. The van der Waals surface area contributed by atoms with E-state index in [1.165, 1.54) is 0 Å². The molecule has 0 unspecified atom stereocenters. The van der Waals surface area contributed by atoms with Crippen molar-refractivity contribution in [3.8, 4) is 11.1 Å². The van der Waals surface area contributed by atoms with Crippen molar-refractivity contribution < 1.29 is 19.1 Å². The van der Waals surface area contributed by atoms with E-state index in [0.29, 0.717) is 6.42 Å². The molecule has 0 aliphatic heterocycles. The first kappa shape index (κ1) is 26.2. The molecule has 1 aliphatic rings. The highest BCUT2D eigenvalue weighted by atomic mass is 16.6. The lowest BCUT2D eigenvalue weighted by atomic mass is 9.98. The van der Waals surface area contributed by atoms with E-state index in [-0.39, 0.29) is 18.4 Å². The lowest BCUT2D eigenvalue weighted by molar-refractivity contribution is -0.150. The topological polar surface area (TPSA) is 64.6 Å². The Labute approximate surface area is 229 Å². The van der Waals surface area contributed by atoms with Crippen molar-refractivity contribution in [2.24, 2.45) is 5.92 Å². The minimum absolute atomic E-state index is 0.0563. The summed E-state index contributed by atoms with van der Waals surface area (Å²) >= 11 is 0. The van der Waals surface area contributed by atoms with Crippen LogP contribution < -0.4 is 5.32 Å². The fourth-order valence-electron chi connectivity index (χ4n) is 5.25. The number of hydrogen-bond donors (Lipinski definition) is 1. The molecule has 39 heavy (non-hydrogen) atoms. The van der Waals surface area contributed by atoms with Gasteiger partial charge >= 0.3 is 12.1 Å². The SMILES string of the molecule is CC(C)C[C@H](NC(=O)OCC1c2ccccc2-c2ccccc21)C(=O)OC(c1ccccc1)c1ccccc1. The third kappa shape index (κ3) is 6.04. The maximum atomic E-state index is 13.5. The predicted octanol–water partition coefficient (Wildman–Crippen LogP) is 7.27. The number of alkyl carbamates (subject to hydrolysis) is 1. The van der Waals surface area contributed by atoms with Gasteiger partial charge in [0.1, 0.15) is 12.6 Å². The molecule has 5 heteroatoms. The van der Waals surface area contributed by atoms with Gasteiger partial charge in [0.05, 0.1) is 0 Å². The van der Waals surface area contributed by atoms with Crippen LogP contribution >= 0.6 is 0 Å². The highest BCUT2D eigenvalue weighted by molar-refractivity contribution is 5.82. The third-order valence-corrected chi connectivity index (χ3v) is 7.07. The molecule has 1 N–H and O–H groups in total. The monoisotopic (exact) mass is 519 g/mol. The summed E-state index contributed by atoms with van der Waals surface area (Å²) in [4.78, 5) is 26.5. The molecule has 0 radical (unpaired) electrons. The summed E-state index contributed by atoms with van der Waals surface area (Å²) in [6, 6.07) is 34.8. The number of carbonyl (C=O) groups is 2.